The molecule has 296 valence electrons. The van der Waals surface area contributed by atoms with Gasteiger partial charge in [-0.05, 0) is 73.3 Å². The zero-order valence-corrected chi connectivity index (χ0v) is 31.6. The second-order valence-corrected chi connectivity index (χ2v) is 13.3. The van der Waals surface area contributed by atoms with Gasteiger partial charge in [-0.1, -0.05) is 92.2 Å². The molecule has 0 saturated carbocycles. The first-order valence-electron chi connectivity index (χ1n) is 18.3. The number of aliphatic hydroxyl groups excluding tert-OH is 2. The normalized spacial score (nSPS) is 12.1. The third-order valence-electron chi connectivity index (χ3n) is 9.53. The van der Waals surface area contributed by atoms with E-state index in [0.29, 0.717) is 29.7 Å². The number of para-hydroxylation sites is 1. The van der Waals surface area contributed by atoms with E-state index in [9.17, 15) is 28.0 Å². The van der Waals surface area contributed by atoms with Gasteiger partial charge in [0.25, 0.3) is 0 Å². The average Bonchev–Trinajstić information content (AvgIpc) is 3.19. The van der Waals surface area contributed by atoms with Crippen LogP contribution >= 0.6 is 0 Å². The lowest BCUT2D eigenvalue weighted by Crippen LogP contribution is -2.40. The largest absolute Gasteiger partial charge is 0.479 e. The Morgan fingerprint density at radius 2 is 1.34 bits per heavy atom. The van der Waals surface area contributed by atoms with Crippen LogP contribution in [0.4, 0.5) is 8.78 Å². The van der Waals surface area contributed by atoms with Crippen molar-refractivity contribution in [3.05, 3.63) is 141 Å². The van der Waals surface area contributed by atoms with Gasteiger partial charge in [0.1, 0.15) is 6.54 Å². The summed E-state index contributed by atoms with van der Waals surface area (Å²) in [5.74, 6) is -5.41. The van der Waals surface area contributed by atoms with E-state index in [-0.39, 0.29) is 36.3 Å². The number of carboxylic acids is 2. The minimum absolute atomic E-state index is 0.0153. The molecule has 1 heterocycles. The van der Waals surface area contributed by atoms with Crippen molar-refractivity contribution < 1.29 is 43.6 Å². The molecule has 4 N–H and O–H groups in total. The first kappa shape index (κ1) is 43.0. The molecule has 2 unspecified atom stereocenters. The number of aromatic nitrogens is 1. The van der Waals surface area contributed by atoms with Crippen molar-refractivity contribution in [3.63, 3.8) is 0 Å². The molecule has 56 heavy (non-hydrogen) atoms. The van der Waals surface area contributed by atoms with Gasteiger partial charge in [-0.25, -0.2) is 18.4 Å². The Hall–Kier alpha value is -5.76. The Labute approximate surface area is 323 Å². The molecule has 0 aliphatic rings. The lowest BCUT2D eigenvalue weighted by atomic mass is 10.0. The first-order valence-corrected chi connectivity index (χ1v) is 18.3. The number of amides is 1. The molecular formula is C43H47F2N3O8. The number of aliphatic carboxylic acids is 2. The lowest BCUT2D eigenvalue weighted by Gasteiger charge is -2.28. The van der Waals surface area contributed by atoms with Gasteiger partial charge in [-0.2, -0.15) is 0 Å². The number of halogens is 2. The number of benzene rings is 4. The molecule has 2 atom stereocenters. The lowest BCUT2D eigenvalue weighted by molar-refractivity contribution is -0.165. The number of carbonyl (C=O) groups excluding carboxylic acids is 1. The fourth-order valence-corrected chi connectivity index (χ4v) is 6.15. The molecule has 5 aromatic rings. The maximum atomic E-state index is 14.5. The van der Waals surface area contributed by atoms with Crippen LogP contribution in [0.25, 0.3) is 22.0 Å². The van der Waals surface area contributed by atoms with Crippen LogP contribution in [0.3, 0.4) is 0 Å². The Kier molecular flexibility index (Phi) is 15.5. The molecule has 0 spiro atoms. The fourth-order valence-electron chi connectivity index (χ4n) is 6.15. The predicted molar refractivity (Wildman–Crippen MR) is 209 cm³/mol. The topological polar surface area (TPSA) is 161 Å². The summed E-state index contributed by atoms with van der Waals surface area (Å²) in [4.78, 5) is 51.0. The zero-order valence-electron chi connectivity index (χ0n) is 31.6. The van der Waals surface area contributed by atoms with Crippen molar-refractivity contribution in [2.45, 2.75) is 58.9 Å². The number of fused-ring (bicyclic) bond motifs is 1. The smallest absolute Gasteiger partial charge is 0.335 e. The van der Waals surface area contributed by atoms with E-state index in [4.69, 9.17) is 20.4 Å². The van der Waals surface area contributed by atoms with Crippen molar-refractivity contribution >= 4 is 28.7 Å². The van der Waals surface area contributed by atoms with E-state index in [0.717, 1.165) is 42.4 Å². The molecule has 0 fully saturated rings. The van der Waals surface area contributed by atoms with E-state index < -0.39 is 35.8 Å². The maximum Gasteiger partial charge on any atom is 0.335 e. The number of carbonyl (C=O) groups is 3. The van der Waals surface area contributed by atoms with Crippen LogP contribution < -0.4 is 5.43 Å². The number of aryl methyl sites for hydroxylation is 3. The molecule has 1 amide bonds. The summed E-state index contributed by atoms with van der Waals surface area (Å²) in [6.45, 7) is 9.79. The number of pyridine rings is 1. The molecule has 13 heteroatoms. The van der Waals surface area contributed by atoms with Gasteiger partial charge in [0, 0.05) is 36.8 Å². The van der Waals surface area contributed by atoms with Gasteiger partial charge < -0.3 is 34.8 Å². The highest BCUT2D eigenvalue weighted by atomic mass is 19.2. The van der Waals surface area contributed by atoms with Crippen molar-refractivity contribution in [3.8, 4) is 11.1 Å². The standard InChI is InChI=1S/C39H41F2N3O2.C4H6O6/c1-4-42(5-2)23-24-43(26-29-15-19-31(20-16-29)30-17-13-28(3)14-18-30)38(46)27-44-33(22-21-32-9-8-11-35(40)39(32)41)25-37(45)34-10-6-7-12-36(34)44;5-1(3(7)8)2(6)4(9)10/h6-20,25H,4-5,21-24,26-27H2,1-3H3;1-2,5-6H,(H,7,8)(H,9,10). The molecule has 1 aromatic heterocycles. The highest BCUT2D eigenvalue weighted by molar-refractivity contribution is 5.83. The summed E-state index contributed by atoms with van der Waals surface area (Å²) in [5, 5.41) is 33.0. The van der Waals surface area contributed by atoms with Crippen LogP contribution in [0, 0.1) is 18.6 Å². The summed E-state index contributed by atoms with van der Waals surface area (Å²) in [6.07, 6.45) is -4.07. The number of rotatable bonds is 16. The predicted octanol–water partition coefficient (Wildman–Crippen LogP) is 5.29. The van der Waals surface area contributed by atoms with Crippen molar-refractivity contribution in [2.75, 3.05) is 26.2 Å². The average molecular weight is 772 g/mol. The molecule has 0 radical (unpaired) electrons. The molecule has 0 saturated heterocycles. The second-order valence-electron chi connectivity index (χ2n) is 13.3. The Balaban J connectivity index is 0.000000613. The Morgan fingerprint density at radius 1 is 0.750 bits per heavy atom. The number of nitrogens with zero attached hydrogens (tertiary/aromatic N) is 3. The second kappa shape index (κ2) is 20.2. The van der Waals surface area contributed by atoms with Gasteiger partial charge in [0.05, 0.1) is 5.52 Å². The first-order chi connectivity index (χ1) is 26.7. The third kappa shape index (κ3) is 11.4. The monoisotopic (exact) mass is 771 g/mol. The van der Waals surface area contributed by atoms with Gasteiger partial charge in [-0.3, -0.25) is 9.59 Å². The summed E-state index contributed by atoms with van der Waals surface area (Å²) >= 11 is 0. The van der Waals surface area contributed by atoms with Gasteiger partial charge >= 0.3 is 11.9 Å². The Bertz CT molecular complexity index is 2150. The van der Waals surface area contributed by atoms with Crippen LogP contribution in [0.1, 0.15) is 36.2 Å². The highest BCUT2D eigenvalue weighted by Gasteiger charge is 2.29. The molecule has 0 aliphatic heterocycles. The Morgan fingerprint density at radius 3 is 1.93 bits per heavy atom. The summed E-state index contributed by atoms with van der Waals surface area (Å²) < 4.78 is 30.3. The van der Waals surface area contributed by atoms with Crippen LogP contribution in [0.5, 0.6) is 0 Å². The van der Waals surface area contributed by atoms with Crippen LogP contribution in [0.2, 0.25) is 0 Å². The number of hydrogen-bond donors (Lipinski definition) is 4. The summed E-state index contributed by atoms with van der Waals surface area (Å²) in [7, 11) is 0. The molecule has 11 nitrogen and oxygen atoms in total. The van der Waals surface area contributed by atoms with Crippen molar-refractivity contribution in [2.24, 2.45) is 0 Å². The number of likely N-dealkylation sites (N-methyl/N-ethyl adjacent to an activating group) is 1. The highest BCUT2D eigenvalue weighted by Crippen LogP contribution is 2.22. The van der Waals surface area contributed by atoms with Gasteiger partial charge in [0.15, 0.2) is 29.3 Å². The minimum Gasteiger partial charge on any atom is -0.479 e. The van der Waals surface area contributed by atoms with Crippen LogP contribution in [0.15, 0.2) is 102 Å². The van der Waals surface area contributed by atoms with E-state index in [1.807, 2.05) is 21.6 Å². The van der Waals surface area contributed by atoms with E-state index >= 15 is 0 Å². The summed E-state index contributed by atoms with van der Waals surface area (Å²) in [5.41, 5.74) is 5.80. The van der Waals surface area contributed by atoms with Crippen molar-refractivity contribution in [1.29, 1.82) is 0 Å². The number of hydrogen-bond acceptors (Lipinski definition) is 7. The molecule has 5 rings (SSSR count). The van der Waals surface area contributed by atoms with E-state index in [1.54, 1.807) is 18.2 Å². The van der Waals surface area contributed by atoms with E-state index in [1.165, 1.54) is 17.7 Å². The quantitative estimate of drug-likeness (QED) is 0.105. The van der Waals surface area contributed by atoms with Gasteiger partial charge in [-0.15, -0.1) is 0 Å². The fraction of sp³-hybridized carbons (Fsp3) is 0.302. The molecule has 0 aliphatic carbocycles. The SMILES string of the molecule is CCN(CC)CCN(Cc1ccc(-c2ccc(C)cc2)cc1)C(=O)Cn1c(CCc2cccc(F)c2F)cc(=O)c2ccccc21.O=C(O)C(O)C(O)C(=O)O. The summed E-state index contributed by atoms with van der Waals surface area (Å²) in [6, 6.07) is 29.6. The molecule has 0 bridgehead atoms. The minimum atomic E-state index is -2.27. The third-order valence-corrected chi connectivity index (χ3v) is 9.53. The maximum absolute atomic E-state index is 14.5. The van der Waals surface area contributed by atoms with Crippen LogP contribution in [-0.2, 0) is 40.3 Å². The molecule has 4 aromatic carbocycles. The zero-order chi connectivity index (χ0) is 40.9. The van der Waals surface area contributed by atoms with E-state index in [2.05, 4.69) is 74.2 Å². The molecular weight excluding hydrogens is 724 g/mol. The van der Waals surface area contributed by atoms with Gasteiger partial charge in [0.2, 0.25) is 5.91 Å². The number of carboxylic acid groups (broad SMARTS) is 2. The van der Waals surface area contributed by atoms with Crippen molar-refractivity contribution in [1.82, 2.24) is 14.4 Å². The number of aliphatic hydroxyl groups is 2. The van der Waals surface area contributed by atoms with Crippen LogP contribution in [-0.4, -0.2) is 91.0 Å².